The van der Waals surface area contributed by atoms with Crippen LogP contribution in [0, 0.1) is 0 Å². The zero-order valence-corrected chi connectivity index (χ0v) is 16.6. The number of hydrogen-bond donors (Lipinski definition) is 0. The molecule has 0 spiro atoms. The first-order valence-corrected chi connectivity index (χ1v) is 9.85. The quantitative estimate of drug-likeness (QED) is 0.768. The highest BCUT2D eigenvalue weighted by atomic mass is 16.5. The highest BCUT2D eigenvalue weighted by Crippen LogP contribution is 2.37. The molecule has 0 aromatic heterocycles. The summed E-state index contributed by atoms with van der Waals surface area (Å²) in [5, 5.41) is 0. The third-order valence-corrected chi connectivity index (χ3v) is 5.70. The van der Waals surface area contributed by atoms with Gasteiger partial charge < -0.3 is 19.3 Å². The molecular formula is C21H30N2O4. The Hall–Kier alpha value is -2.08. The van der Waals surface area contributed by atoms with Crippen LogP contribution in [-0.2, 0) is 19.7 Å². The average Bonchev–Trinajstić information content (AvgIpc) is 2.69. The van der Waals surface area contributed by atoms with Crippen LogP contribution < -0.4 is 9.64 Å². The Bertz CT molecular complexity index is 695. The summed E-state index contributed by atoms with van der Waals surface area (Å²) in [4.78, 5) is 28.4. The lowest BCUT2D eigenvalue weighted by atomic mass is 9.82. The highest BCUT2D eigenvalue weighted by molar-refractivity contribution is 5.98. The molecule has 2 heterocycles. The van der Waals surface area contributed by atoms with Gasteiger partial charge in [-0.1, -0.05) is 26.8 Å². The lowest BCUT2D eigenvalue weighted by Crippen LogP contribution is -2.42. The second kappa shape index (κ2) is 8.30. The first-order valence-electron chi connectivity index (χ1n) is 9.85. The molecule has 1 fully saturated rings. The summed E-state index contributed by atoms with van der Waals surface area (Å²) in [5.41, 5.74) is 2.05. The Labute approximate surface area is 161 Å². The molecule has 0 aliphatic carbocycles. The SMILES string of the molecule is CCC(C)(C)c1ccc2c(c1)N(CCCC(=O)N1CCOCC1)C(=O)CO2. The molecule has 2 amide bonds. The van der Waals surface area contributed by atoms with Crippen molar-refractivity contribution in [3.8, 4) is 5.75 Å². The number of fused-ring (bicyclic) bond motifs is 1. The van der Waals surface area contributed by atoms with E-state index in [1.807, 2.05) is 11.0 Å². The fourth-order valence-corrected chi connectivity index (χ4v) is 3.43. The molecule has 0 N–H and O–H groups in total. The fraction of sp³-hybridized carbons (Fsp3) is 0.619. The number of benzene rings is 1. The van der Waals surface area contributed by atoms with Crippen LogP contribution in [-0.4, -0.2) is 56.2 Å². The molecule has 2 aliphatic heterocycles. The number of nitrogens with zero attached hydrogens (tertiary/aromatic N) is 2. The summed E-state index contributed by atoms with van der Waals surface area (Å²) < 4.78 is 10.9. The van der Waals surface area contributed by atoms with E-state index in [4.69, 9.17) is 9.47 Å². The van der Waals surface area contributed by atoms with Gasteiger partial charge in [-0.05, 0) is 36.0 Å². The van der Waals surface area contributed by atoms with Crippen LogP contribution in [0.15, 0.2) is 18.2 Å². The van der Waals surface area contributed by atoms with Crippen LogP contribution in [0.1, 0.15) is 45.6 Å². The van der Waals surface area contributed by atoms with Gasteiger partial charge in [-0.2, -0.15) is 0 Å². The van der Waals surface area contributed by atoms with E-state index in [1.165, 1.54) is 5.56 Å². The van der Waals surface area contributed by atoms with Crippen molar-refractivity contribution >= 4 is 17.5 Å². The van der Waals surface area contributed by atoms with Crippen molar-refractivity contribution in [2.45, 2.75) is 45.4 Å². The second-order valence-electron chi connectivity index (χ2n) is 7.85. The molecule has 3 rings (SSSR count). The van der Waals surface area contributed by atoms with Gasteiger partial charge in [0.2, 0.25) is 5.91 Å². The van der Waals surface area contributed by atoms with Crippen molar-refractivity contribution in [1.82, 2.24) is 4.90 Å². The molecule has 1 aromatic carbocycles. The van der Waals surface area contributed by atoms with Gasteiger partial charge in [0.25, 0.3) is 5.91 Å². The second-order valence-corrected chi connectivity index (χ2v) is 7.85. The maximum Gasteiger partial charge on any atom is 0.265 e. The Morgan fingerprint density at radius 3 is 2.67 bits per heavy atom. The van der Waals surface area contributed by atoms with Crippen molar-refractivity contribution in [2.75, 3.05) is 44.4 Å². The Morgan fingerprint density at radius 1 is 1.22 bits per heavy atom. The zero-order valence-electron chi connectivity index (χ0n) is 16.6. The minimum Gasteiger partial charge on any atom is -0.482 e. The van der Waals surface area contributed by atoms with Crippen molar-refractivity contribution in [3.05, 3.63) is 23.8 Å². The molecular weight excluding hydrogens is 344 g/mol. The average molecular weight is 374 g/mol. The molecule has 0 atom stereocenters. The normalized spacial score (nSPS) is 17.5. The van der Waals surface area contributed by atoms with E-state index in [2.05, 4.69) is 32.9 Å². The van der Waals surface area contributed by atoms with Crippen LogP contribution in [0.25, 0.3) is 0 Å². The van der Waals surface area contributed by atoms with Crippen molar-refractivity contribution in [1.29, 1.82) is 0 Å². The molecule has 2 aliphatic rings. The predicted octanol–water partition coefficient (Wildman–Crippen LogP) is 2.74. The van der Waals surface area contributed by atoms with E-state index in [1.54, 1.807) is 4.90 Å². The smallest absolute Gasteiger partial charge is 0.265 e. The highest BCUT2D eigenvalue weighted by Gasteiger charge is 2.28. The molecule has 6 nitrogen and oxygen atoms in total. The van der Waals surface area contributed by atoms with Crippen molar-refractivity contribution < 1.29 is 19.1 Å². The lowest BCUT2D eigenvalue weighted by molar-refractivity contribution is -0.135. The van der Waals surface area contributed by atoms with Gasteiger partial charge in [0.05, 0.1) is 18.9 Å². The minimum absolute atomic E-state index is 0.0352. The van der Waals surface area contributed by atoms with Gasteiger partial charge in [0.1, 0.15) is 5.75 Å². The summed E-state index contributed by atoms with van der Waals surface area (Å²) in [5.74, 6) is 0.831. The van der Waals surface area contributed by atoms with Gasteiger partial charge >= 0.3 is 0 Å². The van der Waals surface area contributed by atoms with E-state index < -0.39 is 0 Å². The number of amides is 2. The predicted molar refractivity (Wildman–Crippen MR) is 104 cm³/mol. The first kappa shape index (κ1) is 19.7. The molecule has 0 unspecified atom stereocenters. The number of morpholine rings is 1. The van der Waals surface area contributed by atoms with Gasteiger partial charge in [-0.15, -0.1) is 0 Å². The minimum atomic E-state index is -0.0484. The number of ether oxygens (including phenoxy) is 2. The Balaban J connectivity index is 1.68. The van der Waals surface area contributed by atoms with Crippen LogP contribution in [0.5, 0.6) is 5.75 Å². The number of carbonyl (C=O) groups is 2. The first-order chi connectivity index (χ1) is 12.9. The largest absolute Gasteiger partial charge is 0.482 e. The number of carbonyl (C=O) groups excluding carboxylic acids is 2. The van der Waals surface area contributed by atoms with E-state index in [-0.39, 0.29) is 23.8 Å². The summed E-state index contributed by atoms with van der Waals surface area (Å²) >= 11 is 0. The van der Waals surface area contributed by atoms with Gasteiger partial charge in [-0.3, -0.25) is 9.59 Å². The molecule has 0 bridgehead atoms. The summed E-state index contributed by atoms with van der Waals surface area (Å²) in [7, 11) is 0. The van der Waals surface area contributed by atoms with Crippen LogP contribution >= 0.6 is 0 Å². The fourth-order valence-electron chi connectivity index (χ4n) is 3.43. The van der Waals surface area contributed by atoms with Gasteiger partial charge in [0.15, 0.2) is 6.61 Å². The lowest BCUT2D eigenvalue weighted by Gasteiger charge is -2.32. The zero-order chi connectivity index (χ0) is 19.4. The van der Waals surface area contributed by atoms with Crippen LogP contribution in [0.3, 0.4) is 0 Å². The molecule has 0 saturated carbocycles. The Morgan fingerprint density at radius 2 is 1.96 bits per heavy atom. The maximum atomic E-state index is 12.5. The van der Waals surface area contributed by atoms with Crippen molar-refractivity contribution in [2.24, 2.45) is 0 Å². The monoisotopic (exact) mass is 374 g/mol. The molecule has 27 heavy (non-hydrogen) atoms. The molecule has 6 heteroatoms. The number of hydrogen-bond acceptors (Lipinski definition) is 4. The number of rotatable bonds is 6. The summed E-state index contributed by atoms with van der Waals surface area (Å²) in [6.07, 6.45) is 2.09. The van der Waals surface area contributed by atoms with E-state index in [0.717, 1.165) is 17.9 Å². The van der Waals surface area contributed by atoms with E-state index in [9.17, 15) is 9.59 Å². The molecule has 0 radical (unpaired) electrons. The van der Waals surface area contributed by atoms with Crippen molar-refractivity contribution in [3.63, 3.8) is 0 Å². The summed E-state index contributed by atoms with van der Waals surface area (Å²) in [6, 6.07) is 6.11. The third kappa shape index (κ3) is 4.43. The third-order valence-electron chi connectivity index (χ3n) is 5.70. The Kier molecular flexibility index (Phi) is 6.05. The summed E-state index contributed by atoms with van der Waals surface area (Å²) in [6.45, 7) is 9.69. The van der Waals surface area contributed by atoms with Gasteiger partial charge in [-0.25, -0.2) is 0 Å². The van der Waals surface area contributed by atoms with Gasteiger partial charge in [0, 0.05) is 26.1 Å². The maximum absolute atomic E-state index is 12.5. The van der Waals surface area contributed by atoms with E-state index >= 15 is 0 Å². The molecule has 148 valence electrons. The van der Waals surface area contributed by atoms with Crippen LogP contribution in [0.2, 0.25) is 0 Å². The molecule has 1 saturated heterocycles. The standard InChI is InChI=1S/C21H30N2O4/c1-4-21(2,3)16-7-8-18-17(14-16)23(20(25)15-27-18)9-5-6-19(24)22-10-12-26-13-11-22/h7-8,14H,4-6,9-13,15H2,1-3H3. The van der Waals surface area contributed by atoms with Crippen LogP contribution in [0.4, 0.5) is 5.69 Å². The molecule has 1 aromatic rings. The van der Waals surface area contributed by atoms with E-state index in [0.29, 0.717) is 45.7 Å². The topological polar surface area (TPSA) is 59.1 Å². The number of anilines is 1.